The first-order valence-electron chi connectivity index (χ1n) is 8.24. The minimum atomic E-state index is -0.802. The number of aromatic amines is 1. The van der Waals surface area contributed by atoms with Crippen LogP contribution in [0.2, 0.25) is 0 Å². The Morgan fingerprint density at radius 2 is 2.21 bits per heavy atom. The van der Waals surface area contributed by atoms with Crippen molar-refractivity contribution >= 4 is 22.8 Å². The molecule has 0 spiro atoms. The minimum Gasteiger partial charge on any atom is -0.600 e. The normalized spacial score (nSPS) is 25.1. The van der Waals surface area contributed by atoms with Gasteiger partial charge in [-0.2, -0.15) is 5.26 Å². The molecule has 7 heteroatoms. The third-order valence-electron chi connectivity index (χ3n) is 5.05. The van der Waals surface area contributed by atoms with Crippen molar-refractivity contribution in [1.29, 1.82) is 5.26 Å². The van der Waals surface area contributed by atoms with Gasteiger partial charge in [0.25, 0.3) is 0 Å². The molecular weight excluding hydrogens is 304 g/mol. The molecule has 7 nitrogen and oxygen atoms in total. The number of nitrogens with zero attached hydrogens (tertiary/aromatic N) is 5. The van der Waals surface area contributed by atoms with E-state index < -0.39 is 4.76 Å². The van der Waals surface area contributed by atoms with Gasteiger partial charge in [0, 0.05) is 17.5 Å². The van der Waals surface area contributed by atoms with Crippen molar-refractivity contribution in [3.63, 3.8) is 0 Å². The van der Waals surface area contributed by atoms with Gasteiger partial charge in [0.1, 0.15) is 24.2 Å². The van der Waals surface area contributed by atoms with Gasteiger partial charge in [-0.15, -0.1) is 0 Å². The molecule has 0 amide bonds. The molecule has 1 aliphatic carbocycles. The fourth-order valence-electron chi connectivity index (χ4n) is 3.86. The second-order valence-corrected chi connectivity index (χ2v) is 6.44. The summed E-state index contributed by atoms with van der Waals surface area (Å²) in [4.78, 5) is 11.5. The highest BCUT2D eigenvalue weighted by atomic mass is 16.6. The van der Waals surface area contributed by atoms with E-state index in [9.17, 15) is 10.5 Å². The average Bonchev–Trinajstić information content (AvgIpc) is 3.32. The van der Waals surface area contributed by atoms with Crippen LogP contribution in [0.3, 0.4) is 0 Å². The molecule has 4 rings (SSSR count). The molecule has 0 saturated heterocycles. The molecule has 2 aromatic heterocycles. The molecule has 24 heavy (non-hydrogen) atoms. The van der Waals surface area contributed by atoms with E-state index in [1.54, 1.807) is 18.6 Å². The standard InChI is InChI=1S/C17H18N6O/c18-7-5-15(12-3-1-2-4-12)23(24)10-13(9-22-23)16-14-6-8-19-17(14)21-11-20-16/h6,8-12,15H,1-5H2,(H,19,20,21)/t15-,23?/m1/s1. The van der Waals surface area contributed by atoms with Crippen molar-refractivity contribution in [1.82, 2.24) is 15.0 Å². The number of hydrogen-bond donors (Lipinski definition) is 1. The first kappa shape index (κ1) is 15.0. The van der Waals surface area contributed by atoms with Gasteiger partial charge in [-0.05, 0) is 18.9 Å². The maximum absolute atomic E-state index is 13.3. The number of H-pyrrole nitrogens is 1. The summed E-state index contributed by atoms with van der Waals surface area (Å²) >= 11 is 0. The van der Waals surface area contributed by atoms with E-state index in [0.717, 1.165) is 36.7 Å². The van der Waals surface area contributed by atoms with Crippen LogP contribution >= 0.6 is 0 Å². The van der Waals surface area contributed by atoms with Crippen LogP contribution in [-0.2, 0) is 0 Å². The molecule has 122 valence electrons. The Morgan fingerprint density at radius 3 is 3.00 bits per heavy atom. The van der Waals surface area contributed by atoms with Gasteiger partial charge >= 0.3 is 0 Å². The van der Waals surface area contributed by atoms with Crippen molar-refractivity contribution in [3.05, 3.63) is 35.7 Å². The van der Waals surface area contributed by atoms with Crippen molar-refractivity contribution in [2.24, 2.45) is 11.0 Å². The Kier molecular flexibility index (Phi) is 3.63. The Hall–Kier alpha value is -2.56. The van der Waals surface area contributed by atoms with Crippen LogP contribution < -0.4 is 0 Å². The van der Waals surface area contributed by atoms with E-state index in [1.807, 2.05) is 6.07 Å². The van der Waals surface area contributed by atoms with Gasteiger partial charge < -0.3 is 10.2 Å². The number of fused-ring (bicyclic) bond motifs is 1. The lowest BCUT2D eigenvalue weighted by atomic mass is 9.95. The van der Waals surface area contributed by atoms with E-state index in [4.69, 9.17) is 0 Å². The number of nitriles is 1. The fraction of sp³-hybridized carbons (Fsp3) is 0.412. The maximum Gasteiger partial charge on any atom is 0.141 e. The summed E-state index contributed by atoms with van der Waals surface area (Å²) in [5, 5.41) is 27.6. The lowest BCUT2D eigenvalue weighted by Crippen LogP contribution is -2.44. The number of hydrogen-bond acceptors (Lipinski definition) is 5. The summed E-state index contributed by atoms with van der Waals surface area (Å²) in [5.74, 6) is 0.257. The molecule has 3 heterocycles. The van der Waals surface area contributed by atoms with Gasteiger partial charge in [-0.1, -0.05) is 17.9 Å². The number of quaternary nitrogens is 1. The van der Waals surface area contributed by atoms with E-state index in [1.165, 1.54) is 6.33 Å². The van der Waals surface area contributed by atoms with Gasteiger partial charge in [0.2, 0.25) is 0 Å². The molecule has 1 aliphatic heterocycles. The lowest BCUT2D eigenvalue weighted by Gasteiger charge is -2.39. The summed E-state index contributed by atoms with van der Waals surface area (Å²) in [6.07, 6.45) is 10.9. The highest BCUT2D eigenvalue weighted by Crippen LogP contribution is 2.38. The van der Waals surface area contributed by atoms with Gasteiger partial charge in [0.15, 0.2) is 0 Å². The van der Waals surface area contributed by atoms with Crippen LogP contribution in [0.25, 0.3) is 16.6 Å². The van der Waals surface area contributed by atoms with Crippen LogP contribution in [-0.4, -0.2) is 32.0 Å². The van der Waals surface area contributed by atoms with E-state index in [-0.39, 0.29) is 18.4 Å². The van der Waals surface area contributed by atoms with Crippen molar-refractivity contribution < 1.29 is 4.76 Å². The van der Waals surface area contributed by atoms with Gasteiger partial charge in [-0.25, -0.2) is 14.7 Å². The highest BCUT2D eigenvalue weighted by Gasteiger charge is 2.39. The largest absolute Gasteiger partial charge is 0.600 e. The molecular formula is C17H18N6O. The predicted molar refractivity (Wildman–Crippen MR) is 90.0 cm³/mol. The molecule has 1 fully saturated rings. The number of allylic oxidation sites excluding steroid dienone is 1. The Labute approximate surface area is 139 Å². The van der Waals surface area contributed by atoms with Crippen LogP contribution in [0.5, 0.6) is 0 Å². The molecule has 2 atom stereocenters. The Bertz CT molecular complexity index is 857. The highest BCUT2D eigenvalue weighted by molar-refractivity contribution is 6.13. The van der Waals surface area contributed by atoms with Crippen LogP contribution in [0, 0.1) is 22.5 Å². The summed E-state index contributed by atoms with van der Waals surface area (Å²) < 4.78 is -0.802. The topological polar surface area (TPSA) is 101 Å². The molecule has 0 bridgehead atoms. The summed E-state index contributed by atoms with van der Waals surface area (Å²) in [7, 11) is 0. The number of nitrogens with one attached hydrogen (secondary N) is 1. The van der Waals surface area contributed by atoms with E-state index in [0.29, 0.717) is 11.3 Å². The maximum atomic E-state index is 13.3. The predicted octanol–water partition coefficient (Wildman–Crippen LogP) is 3.09. The Balaban J connectivity index is 1.71. The van der Waals surface area contributed by atoms with Crippen molar-refractivity contribution in [2.45, 2.75) is 38.1 Å². The molecule has 2 aromatic rings. The smallest absolute Gasteiger partial charge is 0.141 e. The second-order valence-electron chi connectivity index (χ2n) is 6.44. The molecule has 1 saturated carbocycles. The molecule has 1 N–H and O–H groups in total. The van der Waals surface area contributed by atoms with Crippen LogP contribution in [0.1, 0.15) is 37.8 Å². The SMILES string of the molecule is N#CC[C@H](C1CCCC1)[N+]1([O-])C=C(c2ncnc3[nH]ccc23)C=N1. The molecule has 0 radical (unpaired) electrons. The zero-order valence-electron chi connectivity index (χ0n) is 13.2. The number of rotatable bonds is 4. The van der Waals surface area contributed by atoms with Gasteiger partial charge in [0.05, 0.1) is 30.0 Å². The second kappa shape index (κ2) is 5.82. The minimum absolute atomic E-state index is 0.221. The average molecular weight is 322 g/mol. The first-order chi connectivity index (χ1) is 11.7. The zero-order valence-corrected chi connectivity index (χ0v) is 13.2. The van der Waals surface area contributed by atoms with Crippen molar-refractivity contribution in [3.8, 4) is 6.07 Å². The van der Waals surface area contributed by atoms with E-state index in [2.05, 4.69) is 26.1 Å². The Morgan fingerprint density at radius 1 is 1.38 bits per heavy atom. The summed E-state index contributed by atoms with van der Waals surface area (Å²) in [6.45, 7) is 0. The first-order valence-corrected chi connectivity index (χ1v) is 8.24. The zero-order chi connectivity index (χ0) is 16.6. The number of aromatic nitrogens is 3. The summed E-state index contributed by atoms with van der Waals surface area (Å²) in [5.41, 5.74) is 2.12. The third-order valence-corrected chi connectivity index (χ3v) is 5.05. The molecule has 2 aliphatic rings. The van der Waals surface area contributed by atoms with Crippen LogP contribution in [0.15, 0.2) is 29.9 Å². The quantitative estimate of drug-likeness (QED) is 0.690. The molecule has 0 aromatic carbocycles. The fourth-order valence-corrected chi connectivity index (χ4v) is 3.86. The van der Waals surface area contributed by atoms with Gasteiger partial charge in [-0.3, -0.25) is 0 Å². The number of hydroxylamine groups is 2. The summed E-state index contributed by atoms with van der Waals surface area (Å²) in [6, 6.07) is 3.73. The van der Waals surface area contributed by atoms with E-state index >= 15 is 0 Å². The lowest BCUT2D eigenvalue weighted by molar-refractivity contribution is -0.863. The van der Waals surface area contributed by atoms with Crippen molar-refractivity contribution in [2.75, 3.05) is 0 Å². The molecule has 1 unspecified atom stereocenters. The monoisotopic (exact) mass is 322 g/mol. The third kappa shape index (κ3) is 2.40. The van der Waals surface area contributed by atoms with Crippen LogP contribution in [0.4, 0.5) is 0 Å².